The van der Waals surface area contributed by atoms with Gasteiger partial charge in [-0.1, -0.05) is 68.4 Å². The first-order chi connectivity index (χ1) is 12.2. The fourth-order valence-electron chi connectivity index (χ4n) is 2.29. The quantitative estimate of drug-likeness (QED) is 0.640. The van der Waals surface area contributed by atoms with Gasteiger partial charge in [-0.3, -0.25) is 0 Å². The Bertz CT molecular complexity index is 716. The van der Waals surface area contributed by atoms with E-state index in [1.165, 1.54) is 16.7 Å². The first-order valence-corrected chi connectivity index (χ1v) is 8.74. The van der Waals surface area contributed by atoms with Crippen molar-refractivity contribution < 1.29 is 9.84 Å². The Morgan fingerprint density at radius 2 is 1.16 bits per heavy atom. The molecule has 0 unspecified atom stereocenters. The molecule has 3 aromatic rings. The summed E-state index contributed by atoms with van der Waals surface area (Å²) in [5.41, 5.74) is 3.79. The van der Waals surface area contributed by atoms with Crippen LogP contribution >= 0.6 is 0 Å². The van der Waals surface area contributed by atoms with E-state index in [2.05, 4.69) is 38.1 Å². The molecule has 0 amide bonds. The van der Waals surface area contributed by atoms with E-state index in [-0.39, 0.29) is 0 Å². The van der Waals surface area contributed by atoms with Crippen LogP contribution in [0.2, 0.25) is 0 Å². The second-order valence-electron chi connectivity index (χ2n) is 5.79. The van der Waals surface area contributed by atoms with Gasteiger partial charge in [0, 0.05) is 0 Å². The van der Waals surface area contributed by atoms with E-state index in [0.717, 1.165) is 18.6 Å². The van der Waals surface area contributed by atoms with Crippen molar-refractivity contribution in [2.45, 2.75) is 33.3 Å². The van der Waals surface area contributed by atoms with Crippen LogP contribution in [0.15, 0.2) is 78.9 Å². The van der Waals surface area contributed by atoms with Gasteiger partial charge < -0.3 is 9.84 Å². The number of phenolic OH excluding ortho intramolecular Hbond substituents is 1. The monoisotopic (exact) mass is 334 g/mol. The number of hydrogen-bond acceptors (Lipinski definition) is 2. The number of aryl methyl sites for hydroxylation is 2. The summed E-state index contributed by atoms with van der Waals surface area (Å²) >= 11 is 0. The molecule has 0 heterocycles. The van der Waals surface area contributed by atoms with Crippen LogP contribution < -0.4 is 4.74 Å². The van der Waals surface area contributed by atoms with Crippen molar-refractivity contribution in [3.8, 4) is 11.5 Å². The Balaban J connectivity index is 0.000000212. The average Bonchev–Trinajstić information content (AvgIpc) is 2.69. The Kier molecular flexibility index (Phi) is 7.58. The maximum absolute atomic E-state index is 8.85. The third-order valence-electron chi connectivity index (χ3n) is 3.92. The van der Waals surface area contributed by atoms with Gasteiger partial charge in [-0.05, 0) is 53.8 Å². The normalized spacial score (nSPS) is 9.84. The Labute approximate surface area is 150 Å². The first kappa shape index (κ1) is 18.6. The molecule has 0 fully saturated rings. The Hall–Kier alpha value is -2.74. The molecule has 0 radical (unpaired) electrons. The van der Waals surface area contributed by atoms with Crippen LogP contribution in [0.25, 0.3) is 0 Å². The largest absolute Gasteiger partial charge is 0.508 e. The van der Waals surface area contributed by atoms with Crippen molar-refractivity contribution in [2.75, 3.05) is 0 Å². The molecule has 130 valence electrons. The molecule has 1 N–H and O–H groups in total. The molecule has 0 saturated carbocycles. The lowest BCUT2D eigenvalue weighted by atomic mass is 10.2. The smallest absolute Gasteiger partial charge is 0.119 e. The van der Waals surface area contributed by atoms with Crippen LogP contribution in [-0.4, -0.2) is 5.11 Å². The molecule has 3 aromatic carbocycles. The molecule has 0 saturated heterocycles. The molecule has 2 nitrogen and oxygen atoms in total. The lowest BCUT2D eigenvalue weighted by Gasteiger charge is -2.06. The molecule has 0 aliphatic carbocycles. The topological polar surface area (TPSA) is 29.5 Å². The minimum atomic E-state index is 0.340. The van der Waals surface area contributed by atoms with Crippen LogP contribution in [-0.2, 0) is 19.4 Å². The highest BCUT2D eigenvalue weighted by Crippen LogP contribution is 2.14. The van der Waals surface area contributed by atoms with Crippen LogP contribution in [0.5, 0.6) is 11.5 Å². The van der Waals surface area contributed by atoms with Crippen molar-refractivity contribution in [2.24, 2.45) is 0 Å². The molecule has 3 rings (SSSR count). The third kappa shape index (κ3) is 6.72. The predicted molar refractivity (Wildman–Crippen MR) is 104 cm³/mol. The second kappa shape index (κ2) is 10.2. The summed E-state index contributed by atoms with van der Waals surface area (Å²) < 4.78 is 5.69. The van der Waals surface area contributed by atoms with E-state index in [1.807, 2.05) is 42.5 Å². The number of benzene rings is 3. The summed E-state index contributed by atoms with van der Waals surface area (Å²) in [6, 6.07) is 25.8. The number of rotatable bonds is 5. The molecular formula is C23H26O2. The lowest BCUT2D eigenvalue weighted by Crippen LogP contribution is -1.94. The molecule has 0 aliphatic rings. The molecule has 0 aromatic heterocycles. The van der Waals surface area contributed by atoms with Crippen LogP contribution in [0, 0.1) is 0 Å². The number of phenols is 1. The molecule has 0 aliphatic heterocycles. The van der Waals surface area contributed by atoms with Gasteiger partial charge in [0.15, 0.2) is 0 Å². The SMILES string of the molecule is CCc1ccc(O)cc1.CCc1ccc(OCc2ccccc2)cc1. The number of aromatic hydroxyl groups is 1. The summed E-state index contributed by atoms with van der Waals surface area (Å²) in [6.07, 6.45) is 2.10. The molecule has 25 heavy (non-hydrogen) atoms. The molecule has 2 heteroatoms. The van der Waals surface area contributed by atoms with E-state index in [0.29, 0.717) is 12.4 Å². The molecule has 0 atom stereocenters. The van der Waals surface area contributed by atoms with Gasteiger partial charge in [0.25, 0.3) is 0 Å². The highest BCUT2D eigenvalue weighted by atomic mass is 16.5. The van der Waals surface area contributed by atoms with Crippen molar-refractivity contribution in [3.63, 3.8) is 0 Å². The van der Waals surface area contributed by atoms with Crippen LogP contribution in [0.3, 0.4) is 0 Å². The van der Waals surface area contributed by atoms with Crippen molar-refractivity contribution in [1.29, 1.82) is 0 Å². The third-order valence-corrected chi connectivity index (χ3v) is 3.92. The van der Waals surface area contributed by atoms with Gasteiger partial charge in [-0.25, -0.2) is 0 Å². The summed E-state index contributed by atoms with van der Waals surface area (Å²) in [4.78, 5) is 0. The van der Waals surface area contributed by atoms with Crippen molar-refractivity contribution in [3.05, 3.63) is 95.6 Å². The van der Waals surface area contributed by atoms with Crippen LogP contribution in [0.1, 0.15) is 30.5 Å². The van der Waals surface area contributed by atoms with Gasteiger partial charge >= 0.3 is 0 Å². The maximum atomic E-state index is 8.85. The maximum Gasteiger partial charge on any atom is 0.119 e. The zero-order valence-corrected chi connectivity index (χ0v) is 15.0. The molecule has 0 bridgehead atoms. The molecular weight excluding hydrogens is 308 g/mol. The van der Waals surface area contributed by atoms with Crippen LogP contribution in [0.4, 0.5) is 0 Å². The second-order valence-corrected chi connectivity index (χ2v) is 5.79. The number of hydrogen-bond donors (Lipinski definition) is 1. The standard InChI is InChI=1S/C15H16O.C8H10O/c1-2-13-8-10-15(11-9-13)16-12-14-6-4-3-5-7-14;1-2-7-3-5-8(9)6-4-7/h3-11H,2,12H2,1H3;3-6,9H,2H2,1H3. The zero-order chi connectivity index (χ0) is 17.9. The zero-order valence-electron chi connectivity index (χ0n) is 15.0. The summed E-state index contributed by atoms with van der Waals surface area (Å²) in [6.45, 7) is 4.87. The lowest BCUT2D eigenvalue weighted by molar-refractivity contribution is 0.306. The highest BCUT2D eigenvalue weighted by Gasteiger charge is 1.95. The fourth-order valence-corrected chi connectivity index (χ4v) is 2.29. The van der Waals surface area contributed by atoms with Gasteiger partial charge in [-0.15, -0.1) is 0 Å². The Morgan fingerprint density at radius 1 is 0.640 bits per heavy atom. The Morgan fingerprint density at radius 3 is 1.68 bits per heavy atom. The minimum Gasteiger partial charge on any atom is -0.508 e. The fraction of sp³-hybridized carbons (Fsp3) is 0.217. The summed E-state index contributed by atoms with van der Waals surface area (Å²) in [5, 5.41) is 8.85. The van der Waals surface area contributed by atoms with Gasteiger partial charge in [0.05, 0.1) is 0 Å². The van der Waals surface area contributed by atoms with Gasteiger partial charge in [-0.2, -0.15) is 0 Å². The summed E-state index contributed by atoms with van der Waals surface area (Å²) in [5.74, 6) is 1.27. The first-order valence-electron chi connectivity index (χ1n) is 8.74. The average molecular weight is 334 g/mol. The van der Waals surface area contributed by atoms with Crippen molar-refractivity contribution >= 4 is 0 Å². The van der Waals surface area contributed by atoms with Gasteiger partial charge in [0.1, 0.15) is 18.1 Å². The van der Waals surface area contributed by atoms with E-state index < -0.39 is 0 Å². The van der Waals surface area contributed by atoms with E-state index >= 15 is 0 Å². The van der Waals surface area contributed by atoms with Gasteiger partial charge in [0.2, 0.25) is 0 Å². The highest BCUT2D eigenvalue weighted by molar-refractivity contribution is 5.28. The molecule has 0 spiro atoms. The number of ether oxygens (including phenoxy) is 1. The van der Waals surface area contributed by atoms with E-state index in [4.69, 9.17) is 9.84 Å². The summed E-state index contributed by atoms with van der Waals surface area (Å²) in [7, 11) is 0. The van der Waals surface area contributed by atoms with E-state index in [1.54, 1.807) is 12.1 Å². The van der Waals surface area contributed by atoms with Crippen molar-refractivity contribution in [1.82, 2.24) is 0 Å². The predicted octanol–water partition coefficient (Wildman–Crippen LogP) is 5.78. The van der Waals surface area contributed by atoms with E-state index in [9.17, 15) is 0 Å². The minimum absolute atomic E-state index is 0.340.